The van der Waals surface area contributed by atoms with Crippen LogP contribution in [0.1, 0.15) is 11.1 Å². The van der Waals surface area contributed by atoms with Gasteiger partial charge in [0.25, 0.3) is 0 Å². The van der Waals surface area contributed by atoms with Crippen LogP contribution in [0.5, 0.6) is 0 Å². The number of aryl methyl sites for hydroxylation is 2. The average Bonchev–Trinajstić information content (AvgIpc) is 3.72. The number of thiophene rings is 1. The van der Waals surface area contributed by atoms with Crippen molar-refractivity contribution in [3.8, 4) is 90.6 Å². The molecule has 11 aromatic rings. The smallest absolute Gasteiger partial charge is 0.164 e. The fourth-order valence-electron chi connectivity index (χ4n) is 7.87. The Hall–Kier alpha value is -8.00. The Morgan fingerprint density at radius 1 is 0.254 bits per heavy atom. The number of hydrogen-bond acceptors (Lipinski definition) is 7. The van der Waals surface area contributed by atoms with Gasteiger partial charge in [0.1, 0.15) is 0 Å². The summed E-state index contributed by atoms with van der Waals surface area (Å²) >= 11 is 1.82. The fourth-order valence-corrected chi connectivity index (χ4v) is 8.93. The van der Waals surface area contributed by atoms with Gasteiger partial charge in [-0.25, -0.2) is 29.9 Å². The second-order valence-corrected chi connectivity index (χ2v) is 16.8. The number of aromatic nitrogens is 6. The van der Waals surface area contributed by atoms with Gasteiger partial charge in [-0.2, -0.15) is 0 Å². The second kappa shape index (κ2) is 16.1. The minimum atomic E-state index is 0.642. The molecule has 3 aromatic heterocycles. The molecular formula is C56H38N6S. The van der Waals surface area contributed by atoms with Crippen molar-refractivity contribution in [2.24, 2.45) is 0 Å². The molecule has 0 bridgehead atoms. The Bertz CT molecular complexity index is 3190. The van der Waals surface area contributed by atoms with Crippen molar-refractivity contribution in [3.05, 3.63) is 205 Å². The Balaban J connectivity index is 0.902. The van der Waals surface area contributed by atoms with Crippen molar-refractivity contribution in [3.63, 3.8) is 0 Å². The largest absolute Gasteiger partial charge is 0.208 e. The summed E-state index contributed by atoms with van der Waals surface area (Å²) in [7, 11) is 0. The van der Waals surface area contributed by atoms with E-state index in [1.54, 1.807) is 0 Å². The van der Waals surface area contributed by atoms with Crippen LogP contribution < -0.4 is 0 Å². The molecule has 0 saturated carbocycles. The van der Waals surface area contributed by atoms with Crippen LogP contribution in [0, 0.1) is 13.8 Å². The molecule has 298 valence electrons. The van der Waals surface area contributed by atoms with Crippen molar-refractivity contribution in [2.75, 3.05) is 0 Å². The molecule has 0 aliphatic heterocycles. The van der Waals surface area contributed by atoms with E-state index < -0.39 is 0 Å². The molecule has 0 fully saturated rings. The van der Waals surface area contributed by atoms with E-state index in [2.05, 4.69) is 147 Å². The first-order chi connectivity index (χ1) is 31.0. The van der Waals surface area contributed by atoms with Crippen LogP contribution in [0.2, 0.25) is 0 Å². The van der Waals surface area contributed by atoms with Crippen LogP contribution in [0.15, 0.2) is 194 Å². The highest BCUT2D eigenvalue weighted by Gasteiger charge is 2.16. The standard InChI is InChI=1S/C56H38N6S/c1-35-13-17-41(18-14-35)53-57-51(39-9-5-3-6-10-39)59-55(61-53)43-25-21-37(22-26-43)45-29-31-49-47(33-45)48-34-46(30-32-50(48)63-49)38-23-27-44(28-24-38)56-60-52(40-11-7-4-8-12-40)58-54(62-56)42-19-15-36(2)16-20-42/h3-34H,1-2H3. The monoisotopic (exact) mass is 826 g/mol. The lowest BCUT2D eigenvalue weighted by atomic mass is 9.99. The van der Waals surface area contributed by atoms with Gasteiger partial charge >= 0.3 is 0 Å². The summed E-state index contributed by atoms with van der Waals surface area (Å²) in [6.45, 7) is 4.16. The molecule has 63 heavy (non-hydrogen) atoms. The number of benzene rings is 8. The van der Waals surface area contributed by atoms with E-state index in [0.29, 0.717) is 34.9 Å². The summed E-state index contributed by atoms with van der Waals surface area (Å²) in [4.78, 5) is 29.6. The molecule has 0 N–H and O–H groups in total. The zero-order valence-electron chi connectivity index (χ0n) is 34.6. The molecule has 3 heterocycles. The van der Waals surface area contributed by atoms with Crippen molar-refractivity contribution in [1.82, 2.24) is 29.9 Å². The molecule has 0 unspecified atom stereocenters. The second-order valence-electron chi connectivity index (χ2n) is 15.8. The van der Waals surface area contributed by atoms with Gasteiger partial charge in [-0.1, -0.05) is 181 Å². The highest BCUT2D eigenvalue weighted by molar-refractivity contribution is 7.25. The van der Waals surface area contributed by atoms with Crippen molar-refractivity contribution in [1.29, 1.82) is 0 Å². The molecule has 0 radical (unpaired) electrons. The molecule has 0 amide bonds. The SMILES string of the molecule is Cc1ccc(-c2nc(-c3ccccc3)nc(-c3ccc(-c4ccc5sc6ccc(-c7ccc(-c8nc(-c9ccccc9)nc(-c9ccc(C)cc9)n8)cc7)cc6c5c4)cc3)n2)cc1. The van der Waals surface area contributed by atoms with Crippen LogP contribution >= 0.6 is 11.3 Å². The quantitative estimate of drug-likeness (QED) is 0.152. The predicted molar refractivity (Wildman–Crippen MR) is 259 cm³/mol. The Morgan fingerprint density at radius 3 is 0.825 bits per heavy atom. The number of rotatable bonds is 8. The number of fused-ring (bicyclic) bond motifs is 3. The summed E-state index contributed by atoms with van der Waals surface area (Å²) in [6, 6.07) is 67.4. The zero-order chi connectivity index (χ0) is 42.3. The Morgan fingerprint density at radius 2 is 0.508 bits per heavy atom. The number of nitrogens with zero attached hydrogens (tertiary/aromatic N) is 6. The lowest BCUT2D eigenvalue weighted by Gasteiger charge is -2.10. The van der Waals surface area contributed by atoms with E-state index in [4.69, 9.17) is 29.9 Å². The van der Waals surface area contributed by atoms with Crippen molar-refractivity contribution >= 4 is 31.5 Å². The van der Waals surface area contributed by atoms with Crippen molar-refractivity contribution in [2.45, 2.75) is 13.8 Å². The van der Waals surface area contributed by atoms with Gasteiger partial charge in [0, 0.05) is 53.6 Å². The first-order valence-corrected chi connectivity index (χ1v) is 21.7. The maximum Gasteiger partial charge on any atom is 0.164 e. The third-order valence-corrected chi connectivity index (χ3v) is 12.5. The highest BCUT2D eigenvalue weighted by Crippen LogP contribution is 2.39. The van der Waals surface area contributed by atoms with Gasteiger partial charge in [-0.3, -0.25) is 0 Å². The van der Waals surface area contributed by atoms with Gasteiger partial charge < -0.3 is 0 Å². The fraction of sp³-hybridized carbons (Fsp3) is 0.0357. The minimum absolute atomic E-state index is 0.642. The lowest BCUT2D eigenvalue weighted by Crippen LogP contribution is -2.00. The van der Waals surface area contributed by atoms with Crippen LogP contribution in [0.4, 0.5) is 0 Å². The Labute approximate surface area is 369 Å². The Kier molecular flexibility index (Phi) is 9.71. The van der Waals surface area contributed by atoms with E-state index in [0.717, 1.165) is 55.6 Å². The van der Waals surface area contributed by atoms with Crippen LogP contribution in [-0.4, -0.2) is 29.9 Å². The lowest BCUT2D eigenvalue weighted by molar-refractivity contribution is 1.07. The zero-order valence-corrected chi connectivity index (χ0v) is 35.4. The van der Waals surface area contributed by atoms with E-state index >= 15 is 0 Å². The normalized spacial score (nSPS) is 11.3. The van der Waals surface area contributed by atoms with E-state index in [9.17, 15) is 0 Å². The third-order valence-electron chi connectivity index (χ3n) is 11.4. The van der Waals surface area contributed by atoms with Crippen LogP contribution in [0.25, 0.3) is 111 Å². The van der Waals surface area contributed by atoms with Gasteiger partial charge in [0.05, 0.1) is 0 Å². The van der Waals surface area contributed by atoms with Gasteiger partial charge in [0.15, 0.2) is 34.9 Å². The maximum atomic E-state index is 4.96. The van der Waals surface area contributed by atoms with Gasteiger partial charge in [-0.15, -0.1) is 11.3 Å². The predicted octanol–water partition coefficient (Wildman–Crippen LogP) is 14.4. The molecule has 8 aromatic carbocycles. The van der Waals surface area contributed by atoms with E-state index in [1.165, 1.54) is 31.3 Å². The summed E-state index contributed by atoms with van der Waals surface area (Å²) < 4.78 is 2.52. The highest BCUT2D eigenvalue weighted by atomic mass is 32.1. The molecule has 7 heteroatoms. The first kappa shape index (κ1) is 38.0. The first-order valence-electron chi connectivity index (χ1n) is 20.9. The molecule has 11 rings (SSSR count). The van der Waals surface area contributed by atoms with Crippen molar-refractivity contribution < 1.29 is 0 Å². The minimum Gasteiger partial charge on any atom is -0.208 e. The molecule has 0 saturated heterocycles. The van der Waals surface area contributed by atoms with E-state index in [-0.39, 0.29) is 0 Å². The molecule has 0 aliphatic carbocycles. The number of hydrogen-bond donors (Lipinski definition) is 0. The molecular weight excluding hydrogens is 789 g/mol. The molecule has 0 atom stereocenters. The van der Waals surface area contributed by atoms with E-state index in [1.807, 2.05) is 72.0 Å². The molecule has 0 spiro atoms. The van der Waals surface area contributed by atoms with Gasteiger partial charge in [0.2, 0.25) is 0 Å². The van der Waals surface area contributed by atoms with Crippen LogP contribution in [0.3, 0.4) is 0 Å². The topological polar surface area (TPSA) is 77.3 Å². The summed E-state index contributed by atoms with van der Waals surface area (Å²) in [5.74, 6) is 3.89. The molecule has 0 aliphatic rings. The summed E-state index contributed by atoms with van der Waals surface area (Å²) in [5.41, 5.74) is 12.6. The summed E-state index contributed by atoms with van der Waals surface area (Å²) in [5, 5.41) is 2.48. The van der Waals surface area contributed by atoms with Crippen LogP contribution in [-0.2, 0) is 0 Å². The molecule has 6 nitrogen and oxygen atoms in total. The van der Waals surface area contributed by atoms with Gasteiger partial charge in [-0.05, 0) is 60.4 Å². The maximum absolute atomic E-state index is 4.96. The average molecular weight is 827 g/mol. The third kappa shape index (κ3) is 7.67. The summed E-state index contributed by atoms with van der Waals surface area (Å²) in [6.07, 6.45) is 0.